The Balaban J connectivity index is 1.63. The van der Waals surface area contributed by atoms with Gasteiger partial charge in [-0.3, -0.25) is 4.79 Å². The number of nitrogens with one attached hydrogen (secondary N) is 1. The number of hydrogen-bond donors (Lipinski definition) is 1. The topological polar surface area (TPSA) is 54.9 Å². The SMILES string of the molecule is CCc1ccc2nc(-c3ccc(F)cc3)nc(SCC(=O)Nc3cccc(Cl)c3)c2c1. The molecule has 1 amide bonds. The van der Waals surface area contributed by atoms with Gasteiger partial charge in [-0.25, -0.2) is 14.4 Å². The standard InChI is InChI=1S/C24H19ClFN3OS/c1-2-15-6-11-21-20(12-15)24(29-23(28-21)16-7-9-18(26)10-8-16)31-14-22(30)27-19-5-3-4-17(25)13-19/h3-13H,2,14H2,1H3,(H,27,30). The van der Waals surface area contributed by atoms with Crippen LogP contribution in [0.1, 0.15) is 12.5 Å². The lowest BCUT2D eigenvalue weighted by Gasteiger charge is -2.10. The molecular formula is C24H19ClFN3OS. The van der Waals surface area contributed by atoms with E-state index >= 15 is 0 Å². The Kier molecular flexibility index (Phi) is 6.49. The number of fused-ring (bicyclic) bond motifs is 1. The fourth-order valence-corrected chi connectivity index (χ4v) is 4.10. The van der Waals surface area contributed by atoms with Crippen molar-refractivity contribution >= 4 is 45.9 Å². The summed E-state index contributed by atoms with van der Waals surface area (Å²) in [5, 5.41) is 5.01. The number of aryl methyl sites for hydroxylation is 1. The third-order valence-electron chi connectivity index (χ3n) is 4.68. The molecule has 156 valence electrons. The van der Waals surface area contributed by atoms with E-state index in [1.165, 1.54) is 23.9 Å². The zero-order chi connectivity index (χ0) is 21.8. The average molecular weight is 452 g/mol. The number of carbonyl (C=O) groups is 1. The molecule has 0 saturated heterocycles. The van der Waals surface area contributed by atoms with Gasteiger partial charge in [-0.1, -0.05) is 42.4 Å². The van der Waals surface area contributed by atoms with Gasteiger partial charge in [-0.05, 0) is 66.6 Å². The molecule has 0 saturated carbocycles. The fourth-order valence-electron chi connectivity index (χ4n) is 3.10. The minimum absolute atomic E-state index is 0.158. The Morgan fingerprint density at radius 1 is 1.06 bits per heavy atom. The number of nitrogens with zero attached hydrogens (tertiary/aromatic N) is 2. The monoisotopic (exact) mass is 451 g/mol. The van der Waals surface area contributed by atoms with Gasteiger partial charge < -0.3 is 5.32 Å². The molecule has 4 rings (SSSR count). The third-order valence-corrected chi connectivity index (χ3v) is 5.91. The van der Waals surface area contributed by atoms with Crippen LogP contribution in [0, 0.1) is 5.82 Å². The van der Waals surface area contributed by atoms with E-state index in [-0.39, 0.29) is 17.5 Å². The molecule has 0 spiro atoms. The minimum atomic E-state index is -0.315. The highest BCUT2D eigenvalue weighted by atomic mass is 35.5. The van der Waals surface area contributed by atoms with Gasteiger partial charge in [0.1, 0.15) is 10.8 Å². The predicted molar refractivity (Wildman–Crippen MR) is 125 cm³/mol. The molecule has 4 aromatic rings. The maximum Gasteiger partial charge on any atom is 0.234 e. The first-order chi connectivity index (χ1) is 15.0. The molecule has 0 aliphatic heterocycles. The molecule has 1 N–H and O–H groups in total. The average Bonchev–Trinajstić information content (AvgIpc) is 2.77. The van der Waals surface area contributed by atoms with Crippen LogP contribution in [-0.2, 0) is 11.2 Å². The first kappa shape index (κ1) is 21.3. The largest absolute Gasteiger partial charge is 0.325 e. The summed E-state index contributed by atoms with van der Waals surface area (Å²) in [4.78, 5) is 21.8. The quantitative estimate of drug-likeness (QED) is 0.273. The molecule has 0 atom stereocenters. The van der Waals surface area contributed by atoms with E-state index in [1.54, 1.807) is 36.4 Å². The molecule has 0 bridgehead atoms. The molecule has 0 fully saturated rings. The van der Waals surface area contributed by atoms with E-state index in [2.05, 4.69) is 23.3 Å². The lowest BCUT2D eigenvalue weighted by molar-refractivity contribution is -0.113. The predicted octanol–water partition coefficient (Wildman–Crippen LogP) is 6.38. The number of amides is 1. The number of halogens is 2. The van der Waals surface area contributed by atoms with Crippen molar-refractivity contribution in [2.75, 3.05) is 11.1 Å². The Morgan fingerprint density at radius 2 is 1.87 bits per heavy atom. The van der Waals surface area contributed by atoms with Gasteiger partial charge in [0.25, 0.3) is 0 Å². The van der Waals surface area contributed by atoms with Gasteiger partial charge in [-0.2, -0.15) is 0 Å². The van der Waals surface area contributed by atoms with Gasteiger partial charge in [0, 0.05) is 21.7 Å². The van der Waals surface area contributed by atoms with Crippen molar-refractivity contribution in [1.82, 2.24) is 9.97 Å². The molecule has 0 aliphatic rings. The Bertz CT molecular complexity index is 1250. The van der Waals surface area contributed by atoms with Crippen LogP contribution >= 0.6 is 23.4 Å². The van der Waals surface area contributed by atoms with Crippen molar-refractivity contribution < 1.29 is 9.18 Å². The summed E-state index contributed by atoms with van der Waals surface area (Å²) in [5.41, 5.74) is 3.30. The van der Waals surface area contributed by atoms with Crippen LogP contribution in [0.4, 0.5) is 10.1 Å². The molecule has 1 aromatic heterocycles. The first-order valence-electron chi connectivity index (χ1n) is 9.76. The van der Waals surface area contributed by atoms with Crippen molar-refractivity contribution in [3.8, 4) is 11.4 Å². The number of carbonyl (C=O) groups excluding carboxylic acids is 1. The van der Waals surface area contributed by atoms with Gasteiger partial charge >= 0.3 is 0 Å². The maximum absolute atomic E-state index is 13.3. The number of thioether (sulfide) groups is 1. The molecule has 7 heteroatoms. The van der Waals surface area contributed by atoms with Crippen molar-refractivity contribution in [3.05, 3.63) is 83.1 Å². The molecule has 31 heavy (non-hydrogen) atoms. The summed E-state index contributed by atoms with van der Waals surface area (Å²) in [6.07, 6.45) is 0.884. The number of aromatic nitrogens is 2. The summed E-state index contributed by atoms with van der Waals surface area (Å²) < 4.78 is 13.3. The van der Waals surface area contributed by atoms with Gasteiger partial charge in [0.2, 0.25) is 5.91 Å². The number of hydrogen-bond acceptors (Lipinski definition) is 4. The zero-order valence-corrected chi connectivity index (χ0v) is 18.3. The molecule has 0 unspecified atom stereocenters. The van der Waals surface area contributed by atoms with Crippen LogP contribution in [0.15, 0.2) is 71.8 Å². The molecular weight excluding hydrogens is 433 g/mol. The Morgan fingerprint density at radius 3 is 2.61 bits per heavy atom. The van der Waals surface area contributed by atoms with Crippen LogP contribution in [0.5, 0.6) is 0 Å². The number of rotatable bonds is 6. The fraction of sp³-hybridized carbons (Fsp3) is 0.125. The normalized spacial score (nSPS) is 10.9. The highest BCUT2D eigenvalue weighted by Crippen LogP contribution is 2.29. The molecule has 1 heterocycles. The summed E-state index contributed by atoms with van der Waals surface area (Å²) in [6, 6.07) is 19.1. The van der Waals surface area contributed by atoms with E-state index in [0.717, 1.165) is 22.9 Å². The molecule has 3 aromatic carbocycles. The van der Waals surface area contributed by atoms with Gasteiger partial charge in [0.05, 0.1) is 11.3 Å². The second-order valence-electron chi connectivity index (χ2n) is 6.91. The highest BCUT2D eigenvalue weighted by Gasteiger charge is 2.13. The highest BCUT2D eigenvalue weighted by molar-refractivity contribution is 8.00. The molecule has 0 aliphatic carbocycles. The van der Waals surface area contributed by atoms with E-state index in [0.29, 0.717) is 27.1 Å². The zero-order valence-electron chi connectivity index (χ0n) is 16.7. The van der Waals surface area contributed by atoms with Crippen LogP contribution in [0.25, 0.3) is 22.3 Å². The van der Waals surface area contributed by atoms with Gasteiger partial charge in [0.15, 0.2) is 5.82 Å². The van der Waals surface area contributed by atoms with E-state index in [9.17, 15) is 9.18 Å². The Hall–Kier alpha value is -2.96. The van der Waals surface area contributed by atoms with Crippen LogP contribution in [0.3, 0.4) is 0 Å². The van der Waals surface area contributed by atoms with E-state index < -0.39 is 0 Å². The summed E-state index contributed by atoms with van der Waals surface area (Å²) in [6.45, 7) is 2.08. The van der Waals surface area contributed by atoms with Crippen LogP contribution in [0.2, 0.25) is 5.02 Å². The number of benzene rings is 3. The van der Waals surface area contributed by atoms with Crippen molar-refractivity contribution in [2.45, 2.75) is 18.4 Å². The first-order valence-corrected chi connectivity index (χ1v) is 11.1. The lowest BCUT2D eigenvalue weighted by Crippen LogP contribution is -2.14. The summed E-state index contributed by atoms with van der Waals surface area (Å²) in [7, 11) is 0. The lowest BCUT2D eigenvalue weighted by atomic mass is 10.1. The minimum Gasteiger partial charge on any atom is -0.325 e. The second-order valence-corrected chi connectivity index (χ2v) is 8.31. The van der Waals surface area contributed by atoms with Crippen molar-refractivity contribution in [1.29, 1.82) is 0 Å². The third kappa shape index (κ3) is 5.21. The summed E-state index contributed by atoms with van der Waals surface area (Å²) in [5.74, 6) is 0.200. The van der Waals surface area contributed by atoms with Crippen LogP contribution < -0.4 is 5.32 Å². The smallest absolute Gasteiger partial charge is 0.234 e. The Labute approximate surface area is 188 Å². The summed E-state index contributed by atoms with van der Waals surface area (Å²) >= 11 is 7.33. The molecule has 4 nitrogen and oxygen atoms in total. The molecule has 0 radical (unpaired) electrons. The number of anilines is 1. The van der Waals surface area contributed by atoms with Crippen molar-refractivity contribution in [2.24, 2.45) is 0 Å². The second kappa shape index (κ2) is 9.45. The van der Waals surface area contributed by atoms with E-state index in [1.807, 2.05) is 12.1 Å². The maximum atomic E-state index is 13.3. The van der Waals surface area contributed by atoms with Gasteiger partial charge in [-0.15, -0.1) is 0 Å². The van der Waals surface area contributed by atoms with E-state index in [4.69, 9.17) is 16.6 Å². The van der Waals surface area contributed by atoms with Crippen molar-refractivity contribution in [3.63, 3.8) is 0 Å². The van der Waals surface area contributed by atoms with Crippen LogP contribution in [-0.4, -0.2) is 21.6 Å².